The van der Waals surface area contributed by atoms with Crippen LogP contribution >= 0.6 is 0 Å². The summed E-state index contributed by atoms with van der Waals surface area (Å²) in [6, 6.07) is 6.59. The minimum absolute atomic E-state index is 0.0746. The van der Waals surface area contributed by atoms with Crippen molar-refractivity contribution in [1.29, 1.82) is 0 Å². The summed E-state index contributed by atoms with van der Waals surface area (Å²) in [6.07, 6.45) is 2.82. The standard InChI is InChI=1S/C16H23N3O2/c1-3-10(2)14(17)16(21)19-13-8-6-12(7-9-13)18-15(20)11-4-5-11/h6-11,14H,3-5,17H2,1-2H3,(H,18,20)(H,19,21)/t10-,14-/m0/s1. The summed E-state index contributed by atoms with van der Waals surface area (Å²) in [5.41, 5.74) is 7.32. The lowest BCUT2D eigenvalue weighted by Gasteiger charge is -2.17. The molecule has 1 aromatic carbocycles. The van der Waals surface area contributed by atoms with Gasteiger partial charge in [-0.1, -0.05) is 20.3 Å². The molecule has 0 saturated heterocycles. The minimum atomic E-state index is -0.510. The highest BCUT2D eigenvalue weighted by Crippen LogP contribution is 2.30. The van der Waals surface area contributed by atoms with E-state index in [1.165, 1.54) is 0 Å². The zero-order valence-corrected chi connectivity index (χ0v) is 12.6. The number of amides is 2. The molecule has 0 spiro atoms. The zero-order chi connectivity index (χ0) is 15.4. The van der Waals surface area contributed by atoms with Gasteiger partial charge in [0.1, 0.15) is 0 Å². The van der Waals surface area contributed by atoms with Crippen molar-refractivity contribution in [3.05, 3.63) is 24.3 Å². The van der Waals surface area contributed by atoms with Gasteiger partial charge in [0, 0.05) is 17.3 Å². The second-order valence-corrected chi connectivity index (χ2v) is 5.74. The Morgan fingerprint density at radius 1 is 1.19 bits per heavy atom. The highest BCUT2D eigenvalue weighted by Gasteiger charge is 2.29. The van der Waals surface area contributed by atoms with E-state index in [9.17, 15) is 9.59 Å². The van der Waals surface area contributed by atoms with Crippen LogP contribution in [0, 0.1) is 11.8 Å². The average Bonchev–Trinajstić information content (AvgIpc) is 3.32. The van der Waals surface area contributed by atoms with Gasteiger partial charge in [-0.15, -0.1) is 0 Å². The van der Waals surface area contributed by atoms with Gasteiger partial charge in [-0.25, -0.2) is 0 Å². The minimum Gasteiger partial charge on any atom is -0.326 e. The van der Waals surface area contributed by atoms with Gasteiger partial charge in [0.25, 0.3) is 0 Å². The Morgan fingerprint density at radius 2 is 1.71 bits per heavy atom. The molecule has 0 unspecified atom stereocenters. The molecule has 114 valence electrons. The SMILES string of the molecule is CC[C@H](C)[C@H](N)C(=O)Nc1ccc(NC(=O)C2CC2)cc1. The number of rotatable bonds is 6. The number of nitrogens with two attached hydrogens (primary N) is 1. The van der Waals surface area contributed by atoms with E-state index in [1.807, 2.05) is 13.8 Å². The smallest absolute Gasteiger partial charge is 0.241 e. The number of carbonyl (C=O) groups excluding carboxylic acids is 2. The number of hydrogen-bond acceptors (Lipinski definition) is 3. The van der Waals surface area contributed by atoms with Gasteiger partial charge in [0.05, 0.1) is 6.04 Å². The Bertz CT molecular complexity index is 509. The third-order valence-electron chi connectivity index (χ3n) is 3.93. The Morgan fingerprint density at radius 3 is 2.19 bits per heavy atom. The Labute approximate surface area is 125 Å². The van der Waals surface area contributed by atoms with Crippen molar-refractivity contribution in [1.82, 2.24) is 0 Å². The van der Waals surface area contributed by atoms with Gasteiger partial charge in [-0.05, 0) is 43.0 Å². The van der Waals surface area contributed by atoms with Crippen LogP contribution in [-0.2, 0) is 9.59 Å². The molecule has 5 heteroatoms. The van der Waals surface area contributed by atoms with Crippen LogP contribution in [0.3, 0.4) is 0 Å². The third-order valence-corrected chi connectivity index (χ3v) is 3.93. The normalized spacial score (nSPS) is 16.9. The largest absolute Gasteiger partial charge is 0.326 e. The molecule has 0 aromatic heterocycles. The van der Waals surface area contributed by atoms with E-state index in [2.05, 4.69) is 10.6 Å². The lowest BCUT2D eigenvalue weighted by molar-refractivity contribution is -0.118. The van der Waals surface area contributed by atoms with E-state index in [-0.39, 0.29) is 23.7 Å². The molecule has 1 fully saturated rings. The average molecular weight is 289 g/mol. The molecule has 5 nitrogen and oxygen atoms in total. The molecule has 0 radical (unpaired) electrons. The van der Waals surface area contributed by atoms with Gasteiger partial charge >= 0.3 is 0 Å². The first-order chi connectivity index (χ1) is 10.0. The van der Waals surface area contributed by atoms with Crippen LogP contribution in [0.5, 0.6) is 0 Å². The van der Waals surface area contributed by atoms with Gasteiger partial charge < -0.3 is 16.4 Å². The quantitative estimate of drug-likeness (QED) is 0.751. The summed E-state index contributed by atoms with van der Waals surface area (Å²) in [7, 11) is 0. The maximum atomic E-state index is 12.0. The van der Waals surface area contributed by atoms with E-state index in [0.717, 1.165) is 24.9 Å². The molecular weight excluding hydrogens is 266 g/mol. The Kier molecular flexibility index (Phi) is 4.96. The van der Waals surface area contributed by atoms with E-state index in [0.29, 0.717) is 5.69 Å². The molecule has 0 heterocycles. The van der Waals surface area contributed by atoms with E-state index < -0.39 is 6.04 Å². The summed E-state index contributed by atoms with van der Waals surface area (Å²) >= 11 is 0. The predicted octanol–water partition coefficient (Wildman–Crippen LogP) is 2.35. The summed E-state index contributed by atoms with van der Waals surface area (Å²) < 4.78 is 0. The van der Waals surface area contributed by atoms with Gasteiger partial charge in [-0.3, -0.25) is 9.59 Å². The van der Waals surface area contributed by atoms with Gasteiger partial charge in [0.15, 0.2) is 0 Å². The van der Waals surface area contributed by atoms with Crippen LogP contribution in [0.25, 0.3) is 0 Å². The fraction of sp³-hybridized carbons (Fsp3) is 0.500. The van der Waals surface area contributed by atoms with Crippen molar-refractivity contribution in [2.75, 3.05) is 10.6 Å². The third kappa shape index (κ3) is 4.29. The first kappa shape index (κ1) is 15.5. The van der Waals surface area contributed by atoms with Crippen molar-refractivity contribution in [3.8, 4) is 0 Å². The molecule has 4 N–H and O–H groups in total. The van der Waals surface area contributed by atoms with Gasteiger partial charge in [-0.2, -0.15) is 0 Å². The van der Waals surface area contributed by atoms with Crippen molar-refractivity contribution >= 4 is 23.2 Å². The van der Waals surface area contributed by atoms with Crippen LogP contribution in [0.15, 0.2) is 24.3 Å². The molecular formula is C16H23N3O2. The molecule has 0 bridgehead atoms. The summed E-state index contributed by atoms with van der Waals surface area (Å²) in [5, 5.41) is 5.65. The lowest BCUT2D eigenvalue weighted by atomic mass is 9.99. The first-order valence-corrected chi connectivity index (χ1v) is 7.48. The molecule has 2 rings (SSSR count). The second-order valence-electron chi connectivity index (χ2n) is 5.74. The molecule has 2 amide bonds. The topological polar surface area (TPSA) is 84.2 Å². The van der Waals surface area contributed by atoms with E-state index in [1.54, 1.807) is 24.3 Å². The highest BCUT2D eigenvalue weighted by atomic mass is 16.2. The molecule has 1 aliphatic carbocycles. The fourth-order valence-electron chi connectivity index (χ4n) is 1.96. The van der Waals surface area contributed by atoms with Crippen molar-refractivity contribution in [3.63, 3.8) is 0 Å². The number of hydrogen-bond donors (Lipinski definition) is 3. The molecule has 2 atom stereocenters. The number of anilines is 2. The Balaban J connectivity index is 1.89. The summed E-state index contributed by atoms with van der Waals surface area (Å²) in [5.74, 6) is 0.213. The number of carbonyl (C=O) groups is 2. The van der Waals surface area contributed by atoms with E-state index in [4.69, 9.17) is 5.73 Å². The van der Waals surface area contributed by atoms with Crippen LogP contribution in [0.2, 0.25) is 0 Å². The maximum Gasteiger partial charge on any atom is 0.241 e. The predicted molar refractivity (Wildman–Crippen MR) is 83.9 cm³/mol. The number of benzene rings is 1. The monoisotopic (exact) mass is 289 g/mol. The first-order valence-electron chi connectivity index (χ1n) is 7.48. The summed E-state index contributed by atoms with van der Waals surface area (Å²) in [6.45, 7) is 3.97. The molecule has 1 aliphatic rings. The Hall–Kier alpha value is -1.88. The molecule has 21 heavy (non-hydrogen) atoms. The zero-order valence-electron chi connectivity index (χ0n) is 12.6. The van der Waals surface area contributed by atoms with Crippen molar-refractivity contribution < 1.29 is 9.59 Å². The fourth-order valence-corrected chi connectivity index (χ4v) is 1.96. The van der Waals surface area contributed by atoms with E-state index >= 15 is 0 Å². The number of nitrogens with one attached hydrogen (secondary N) is 2. The van der Waals surface area contributed by atoms with Crippen molar-refractivity contribution in [2.45, 2.75) is 39.2 Å². The van der Waals surface area contributed by atoms with Crippen LogP contribution < -0.4 is 16.4 Å². The maximum absolute atomic E-state index is 12.0. The molecule has 1 saturated carbocycles. The van der Waals surface area contributed by atoms with Crippen LogP contribution in [0.1, 0.15) is 33.1 Å². The van der Waals surface area contributed by atoms with Gasteiger partial charge in [0.2, 0.25) is 11.8 Å². The summed E-state index contributed by atoms with van der Waals surface area (Å²) in [4.78, 5) is 23.6. The molecule has 0 aliphatic heterocycles. The van der Waals surface area contributed by atoms with Crippen molar-refractivity contribution in [2.24, 2.45) is 17.6 Å². The highest BCUT2D eigenvalue weighted by molar-refractivity contribution is 5.96. The van der Waals surface area contributed by atoms with Crippen LogP contribution in [-0.4, -0.2) is 17.9 Å². The second kappa shape index (κ2) is 6.72. The lowest BCUT2D eigenvalue weighted by Crippen LogP contribution is -2.40. The molecule has 1 aromatic rings. The van der Waals surface area contributed by atoms with Crippen LogP contribution in [0.4, 0.5) is 11.4 Å².